The molecular weight excluding hydrogens is 388 g/mol. The first-order valence-corrected chi connectivity index (χ1v) is 9.98. The van der Waals surface area contributed by atoms with Crippen molar-refractivity contribution >= 4 is 30.7 Å². The molecule has 0 fully saturated rings. The second kappa shape index (κ2) is 8.71. The van der Waals surface area contributed by atoms with E-state index in [4.69, 9.17) is 23.2 Å². The molecule has 3 rings (SSSR count). The van der Waals surface area contributed by atoms with Gasteiger partial charge in [-0.2, -0.15) is 0 Å². The van der Waals surface area contributed by atoms with Crippen molar-refractivity contribution in [2.75, 3.05) is 0 Å². The zero-order valence-electron chi connectivity index (χ0n) is 16.2. The van der Waals surface area contributed by atoms with Crippen molar-refractivity contribution in [1.82, 2.24) is 5.32 Å². The zero-order valence-corrected chi connectivity index (χ0v) is 17.7. The van der Waals surface area contributed by atoms with Crippen LogP contribution in [-0.2, 0) is 5.54 Å². The van der Waals surface area contributed by atoms with Gasteiger partial charge < -0.3 is 10.3 Å². The summed E-state index contributed by atoms with van der Waals surface area (Å²) in [4.78, 5) is 0. The average molecular weight is 411 g/mol. The van der Waals surface area contributed by atoms with Gasteiger partial charge in [-0.15, -0.1) is 0 Å². The van der Waals surface area contributed by atoms with Crippen molar-refractivity contribution in [2.24, 2.45) is 0 Å². The summed E-state index contributed by atoms with van der Waals surface area (Å²) in [5.41, 5.74) is 4.51. The topological polar surface area (TPSA) is 32.3 Å². The molecule has 3 aromatic carbocycles. The molecule has 2 nitrogen and oxygen atoms in total. The van der Waals surface area contributed by atoms with E-state index in [0.29, 0.717) is 10.0 Å². The van der Waals surface area contributed by atoms with Crippen LogP contribution in [0.4, 0.5) is 0 Å². The third-order valence-electron chi connectivity index (χ3n) is 5.08. The van der Waals surface area contributed by atoms with E-state index in [9.17, 15) is 5.02 Å². The van der Waals surface area contributed by atoms with E-state index in [1.54, 1.807) is 0 Å². The van der Waals surface area contributed by atoms with Gasteiger partial charge in [0.05, 0.1) is 5.54 Å². The second-order valence-electron chi connectivity index (χ2n) is 7.12. The van der Waals surface area contributed by atoms with E-state index in [0.717, 1.165) is 35.3 Å². The van der Waals surface area contributed by atoms with Gasteiger partial charge in [0.2, 0.25) is 0 Å². The van der Waals surface area contributed by atoms with E-state index in [2.05, 4.69) is 31.3 Å². The summed E-state index contributed by atoms with van der Waals surface area (Å²) in [6.45, 7) is 6.05. The third-order valence-corrected chi connectivity index (χ3v) is 5.55. The van der Waals surface area contributed by atoms with Gasteiger partial charge >= 0.3 is 7.48 Å². The first-order chi connectivity index (χ1) is 13.4. The Labute approximate surface area is 177 Å². The second-order valence-corrected chi connectivity index (χ2v) is 7.99. The maximum atomic E-state index is 9.75. The fourth-order valence-corrected chi connectivity index (χ4v) is 4.10. The lowest BCUT2D eigenvalue weighted by Crippen LogP contribution is -2.51. The van der Waals surface area contributed by atoms with Gasteiger partial charge in [-0.05, 0) is 65.9 Å². The van der Waals surface area contributed by atoms with Crippen LogP contribution in [0.3, 0.4) is 0 Å². The Bertz CT molecular complexity index is 911. The fourth-order valence-electron chi connectivity index (χ4n) is 3.76. The van der Waals surface area contributed by atoms with Gasteiger partial charge in [-0.3, -0.25) is 0 Å². The summed E-state index contributed by atoms with van der Waals surface area (Å²) in [6, 6.07) is 22.0. The number of nitrogens with one attached hydrogen (secondary N) is 1. The van der Waals surface area contributed by atoms with Gasteiger partial charge in [0.25, 0.3) is 0 Å². The highest BCUT2D eigenvalue weighted by Crippen LogP contribution is 2.42. The number of halogens is 2. The first kappa shape index (κ1) is 20.9. The van der Waals surface area contributed by atoms with Crippen LogP contribution < -0.4 is 5.32 Å². The van der Waals surface area contributed by atoms with Crippen molar-refractivity contribution in [3.8, 4) is 0 Å². The molecule has 0 spiro atoms. The summed E-state index contributed by atoms with van der Waals surface area (Å²) in [5, 5.41) is 14.7. The average Bonchev–Trinajstić information content (AvgIpc) is 2.70. The minimum atomic E-state index is -0.746. The Balaban J connectivity index is 2.45. The molecule has 0 aliphatic heterocycles. The molecule has 0 saturated carbocycles. The van der Waals surface area contributed by atoms with Crippen molar-refractivity contribution in [3.63, 3.8) is 0 Å². The molecule has 3 aromatic rings. The highest BCUT2D eigenvalue weighted by molar-refractivity contribution is 6.31. The molecular formula is C23H23BCl2NO. The van der Waals surface area contributed by atoms with Crippen molar-refractivity contribution in [1.29, 1.82) is 0 Å². The normalized spacial score (nSPS) is 12.6. The van der Waals surface area contributed by atoms with Crippen LogP contribution in [0.15, 0.2) is 66.7 Å². The predicted octanol–water partition coefficient (Wildman–Crippen LogP) is 5.45. The molecule has 1 unspecified atom stereocenters. The lowest BCUT2D eigenvalue weighted by atomic mass is 9.72. The SMILES string of the molecule is Cc1ccc(Cl)cc1C(NC(C)[B]O)(c1ccccc1)c1cc(Cl)ccc1C. The number of benzene rings is 3. The van der Waals surface area contributed by atoms with Gasteiger partial charge in [0.1, 0.15) is 0 Å². The lowest BCUT2D eigenvalue weighted by Gasteiger charge is -2.41. The van der Waals surface area contributed by atoms with E-state index in [1.165, 1.54) is 0 Å². The largest absolute Gasteiger partial charge is 0.453 e. The molecule has 0 aliphatic carbocycles. The molecule has 0 aliphatic rings. The molecule has 0 saturated heterocycles. The van der Waals surface area contributed by atoms with E-state index < -0.39 is 5.54 Å². The van der Waals surface area contributed by atoms with E-state index >= 15 is 0 Å². The third kappa shape index (κ3) is 3.99. The van der Waals surface area contributed by atoms with Gasteiger partial charge in [-0.25, -0.2) is 0 Å². The van der Waals surface area contributed by atoms with Gasteiger partial charge in [0, 0.05) is 16.0 Å². The van der Waals surface area contributed by atoms with Crippen LogP contribution in [0.1, 0.15) is 34.7 Å². The number of rotatable bonds is 6. The quantitative estimate of drug-likeness (QED) is 0.418. The molecule has 143 valence electrons. The highest BCUT2D eigenvalue weighted by Gasteiger charge is 2.39. The molecule has 1 radical (unpaired) electrons. The van der Waals surface area contributed by atoms with Crippen LogP contribution >= 0.6 is 23.2 Å². The van der Waals surface area contributed by atoms with Gasteiger partial charge in [0.15, 0.2) is 0 Å². The number of hydrogen-bond acceptors (Lipinski definition) is 2. The predicted molar refractivity (Wildman–Crippen MR) is 119 cm³/mol. The summed E-state index contributed by atoms with van der Waals surface area (Å²) >= 11 is 12.9. The number of aryl methyl sites for hydroxylation is 2. The maximum Gasteiger partial charge on any atom is 0.305 e. The van der Waals surface area contributed by atoms with Crippen molar-refractivity contribution in [3.05, 3.63) is 105 Å². The van der Waals surface area contributed by atoms with Crippen molar-refractivity contribution < 1.29 is 5.02 Å². The first-order valence-electron chi connectivity index (χ1n) is 9.22. The molecule has 0 aromatic heterocycles. The van der Waals surface area contributed by atoms with Crippen LogP contribution in [0.5, 0.6) is 0 Å². The summed E-state index contributed by atoms with van der Waals surface area (Å²) in [6.07, 6.45) is 0. The maximum absolute atomic E-state index is 9.75. The fraction of sp³-hybridized carbons (Fsp3) is 0.217. The van der Waals surface area contributed by atoms with Crippen LogP contribution in [0.25, 0.3) is 0 Å². The zero-order chi connectivity index (χ0) is 20.3. The summed E-state index contributed by atoms with van der Waals surface area (Å²) in [5.74, 6) is -0.281. The smallest absolute Gasteiger partial charge is 0.305 e. The molecule has 0 bridgehead atoms. The van der Waals surface area contributed by atoms with Crippen LogP contribution in [0.2, 0.25) is 10.0 Å². The Kier molecular flexibility index (Phi) is 6.52. The molecule has 5 heteroatoms. The molecule has 2 N–H and O–H groups in total. The van der Waals surface area contributed by atoms with Gasteiger partial charge in [-0.1, -0.05) is 72.6 Å². The Morgan fingerprint density at radius 1 is 0.857 bits per heavy atom. The van der Waals surface area contributed by atoms with E-state index in [-0.39, 0.29) is 5.94 Å². The standard InChI is InChI=1S/C23H23BCl2NO/c1-15-9-11-19(25)13-21(15)23(27-17(3)24-28,18-7-5-4-6-8-18)22-14-20(26)12-10-16(22)2/h4-14,17,27-28H,1-3H3. The highest BCUT2D eigenvalue weighted by atomic mass is 35.5. The minimum Gasteiger partial charge on any atom is -0.453 e. The monoisotopic (exact) mass is 410 g/mol. The molecule has 1 atom stereocenters. The Morgan fingerprint density at radius 2 is 1.36 bits per heavy atom. The molecule has 28 heavy (non-hydrogen) atoms. The lowest BCUT2D eigenvalue weighted by molar-refractivity contribution is 0.438. The Hall–Kier alpha value is -1.78. The van der Waals surface area contributed by atoms with Crippen LogP contribution in [-0.4, -0.2) is 18.4 Å². The minimum absolute atomic E-state index is 0.281. The van der Waals surface area contributed by atoms with Crippen molar-refractivity contribution in [2.45, 2.75) is 32.3 Å². The summed E-state index contributed by atoms with van der Waals surface area (Å²) in [7, 11) is 1.16. The Morgan fingerprint density at radius 3 is 1.82 bits per heavy atom. The molecule has 0 heterocycles. The van der Waals surface area contributed by atoms with Crippen LogP contribution in [0, 0.1) is 13.8 Å². The molecule has 0 amide bonds. The van der Waals surface area contributed by atoms with E-state index in [1.807, 2.05) is 61.5 Å². The summed E-state index contributed by atoms with van der Waals surface area (Å²) < 4.78 is 0. The number of hydrogen-bond donors (Lipinski definition) is 2.